The van der Waals surface area contributed by atoms with Crippen LogP contribution >= 0.6 is 22.6 Å². The highest BCUT2D eigenvalue weighted by molar-refractivity contribution is 14.1. The van der Waals surface area contributed by atoms with Gasteiger partial charge in [0.15, 0.2) is 0 Å². The number of rotatable bonds is 4. The first kappa shape index (κ1) is 24.4. The molecule has 1 aliphatic heterocycles. The van der Waals surface area contributed by atoms with E-state index in [1.54, 1.807) is 12.1 Å². The van der Waals surface area contributed by atoms with Crippen LogP contribution in [0.3, 0.4) is 0 Å². The molecule has 1 aliphatic carbocycles. The fourth-order valence-corrected chi connectivity index (χ4v) is 6.05. The minimum atomic E-state index is -4.40. The maximum atomic E-state index is 13.1. The maximum absolute atomic E-state index is 13.1. The molecule has 1 aromatic carbocycles. The number of halogens is 4. The number of carbonyl (C=O) groups excluding carboxylic acids is 1. The molecule has 0 radical (unpaired) electrons. The van der Waals surface area contributed by atoms with E-state index >= 15 is 0 Å². The van der Waals surface area contributed by atoms with Crippen molar-refractivity contribution in [2.75, 3.05) is 13.1 Å². The number of hydrogen-bond donors (Lipinski definition) is 1. The summed E-state index contributed by atoms with van der Waals surface area (Å²) in [4.78, 5) is 31.8. The summed E-state index contributed by atoms with van der Waals surface area (Å²) in [6.07, 6.45) is -0.856. The summed E-state index contributed by atoms with van der Waals surface area (Å²) in [5.41, 5.74) is -1.57. The van der Waals surface area contributed by atoms with Crippen LogP contribution in [0.1, 0.15) is 45.4 Å². The monoisotopic (exact) mass is 577 g/mol. The first-order valence-electron chi connectivity index (χ1n) is 11.2. The molecule has 4 rings (SSSR count). The van der Waals surface area contributed by atoms with Gasteiger partial charge in [0.05, 0.1) is 35.8 Å². The molecule has 0 bridgehead atoms. The molecular formula is C23H27F3IN3O3. The molecular weight excluding hydrogens is 550 g/mol. The van der Waals surface area contributed by atoms with Crippen molar-refractivity contribution in [3.63, 3.8) is 0 Å². The number of benzene rings is 1. The summed E-state index contributed by atoms with van der Waals surface area (Å²) >= 11 is 2.13. The highest BCUT2D eigenvalue weighted by Crippen LogP contribution is 2.51. The molecule has 1 unspecified atom stereocenters. The molecule has 1 saturated carbocycles. The summed E-state index contributed by atoms with van der Waals surface area (Å²) in [6.45, 7) is 1.71. The van der Waals surface area contributed by atoms with Crippen LogP contribution in [0, 0.1) is 14.9 Å². The zero-order chi connectivity index (χ0) is 24.0. The molecule has 1 saturated heterocycles. The lowest BCUT2D eigenvalue weighted by molar-refractivity contribution is -0.172. The third-order valence-electron chi connectivity index (χ3n) is 7.33. The quantitative estimate of drug-likeness (QED) is 0.556. The maximum Gasteiger partial charge on any atom is 0.389 e. The Bertz CT molecular complexity index is 1110. The molecule has 2 atom stereocenters. The number of carbonyl (C=O) groups is 1. The molecule has 6 nitrogen and oxygen atoms in total. The van der Waals surface area contributed by atoms with Gasteiger partial charge in [-0.05, 0) is 60.1 Å². The molecule has 2 fully saturated rings. The van der Waals surface area contributed by atoms with Crippen LogP contribution in [0.5, 0.6) is 0 Å². The van der Waals surface area contributed by atoms with Crippen LogP contribution in [-0.2, 0) is 11.3 Å². The van der Waals surface area contributed by atoms with Gasteiger partial charge in [-0.25, -0.2) is 4.98 Å². The van der Waals surface area contributed by atoms with Crippen LogP contribution in [-0.4, -0.2) is 50.3 Å². The number of likely N-dealkylation sites (tertiary alicyclic amines) is 1. The molecule has 1 aromatic heterocycles. The van der Waals surface area contributed by atoms with Crippen LogP contribution in [0.2, 0.25) is 0 Å². The SMILES string of the molecule is C[C@H](CC(F)(F)F)C(=O)N1CCC(O)(Cn2cnc3ccc(I)cc3c2=O)C2(CCCC2)C1. The third-order valence-corrected chi connectivity index (χ3v) is 8.00. The van der Waals surface area contributed by atoms with Gasteiger partial charge in [0.2, 0.25) is 5.91 Å². The predicted octanol–water partition coefficient (Wildman–Crippen LogP) is 4.11. The zero-order valence-corrected chi connectivity index (χ0v) is 20.5. The highest BCUT2D eigenvalue weighted by Gasteiger charge is 2.56. The Balaban J connectivity index is 1.61. The van der Waals surface area contributed by atoms with E-state index in [0.29, 0.717) is 23.7 Å². The summed E-state index contributed by atoms with van der Waals surface area (Å²) in [7, 11) is 0. The number of piperidine rings is 1. The lowest BCUT2D eigenvalue weighted by Gasteiger charge is -2.52. The van der Waals surface area contributed by atoms with Gasteiger partial charge in [-0.15, -0.1) is 0 Å². The Morgan fingerprint density at radius 2 is 1.97 bits per heavy atom. The lowest BCUT2D eigenvalue weighted by atomic mass is 9.65. The molecule has 2 aliphatic rings. The van der Waals surface area contributed by atoms with E-state index in [0.717, 1.165) is 16.4 Å². The topological polar surface area (TPSA) is 75.4 Å². The van der Waals surface area contributed by atoms with Crippen LogP contribution < -0.4 is 5.56 Å². The van der Waals surface area contributed by atoms with E-state index in [-0.39, 0.29) is 31.6 Å². The second-order valence-corrected chi connectivity index (χ2v) is 10.8. The van der Waals surface area contributed by atoms with Gasteiger partial charge in [0.1, 0.15) is 0 Å². The van der Waals surface area contributed by atoms with Crippen molar-refractivity contribution in [1.82, 2.24) is 14.5 Å². The molecule has 1 N–H and O–H groups in total. The van der Waals surface area contributed by atoms with E-state index in [4.69, 9.17) is 0 Å². The average molecular weight is 577 g/mol. The van der Waals surface area contributed by atoms with Gasteiger partial charge in [-0.2, -0.15) is 13.2 Å². The van der Waals surface area contributed by atoms with Crippen molar-refractivity contribution in [2.24, 2.45) is 11.3 Å². The van der Waals surface area contributed by atoms with Crippen molar-refractivity contribution in [1.29, 1.82) is 0 Å². The third kappa shape index (κ3) is 4.78. The van der Waals surface area contributed by atoms with Crippen molar-refractivity contribution in [2.45, 2.75) is 63.8 Å². The molecule has 10 heteroatoms. The minimum Gasteiger partial charge on any atom is -0.387 e. The van der Waals surface area contributed by atoms with Crippen LogP contribution in [0.4, 0.5) is 13.2 Å². The van der Waals surface area contributed by atoms with E-state index in [9.17, 15) is 27.9 Å². The molecule has 1 amide bonds. The van der Waals surface area contributed by atoms with Gasteiger partial charge in [-0.1, -0.05) is 19.8 Å². The molecule has 2 heterocycles. The Labute approximate surface area is 203 Å². The highest BCUT2D eigenvalue weighted by atomic mass is 127. The smallest absolute Gasteiger partial charge is 0.387 e. The summed E-state index contributed by atoms with van der Waals surface area (Å²) in [6, 6.07) is 5.41. The van der Waals surface area contributed by atoms with E-state index < -0.39 is 35.4 Å². The van der Waals surface area contributed by atoms with Gasteiger partial charge in [-0.3, -0.25) is 14.2 Å². The van der Waals surface area contributed by atoms with Gasteiger partial charge >= 0.3 is 6.18 Å². The number of nitrogens with zero attached hydrogens (tertiary/aromatic N) is 3. The summed E-state index contributed by atoms with van der Waals surface area (Å²) in [5, 5.41) is 12.3. The van der Waals surface area contributed by atoms with Crippen molar-refractivity contribution < 1.29 is 23.1 Å². The van der Waals surface area contributed by atoms with Crippen molar-refractivity contribution >= 4 is 39.4 Å². The van der Waals surface area contributed by atoms with E-state index in [1.165, 1.54) is 22.7 Å². The summed E-state index contributed by atoms with van der Waals surface area (Å²) < 4.78 is 40.8. The Morgan fingerprint density at radius 1 is 1.27 bits per heavy atom. The van der Waals surface area contributed by atoms with E-state index in [1.807, 2.05) is 6.07 Å². The van der Waals surface area contributed by atoms with Crippen molar-refractivity contribution in [3.8, 4) is 0 Å². The van der Waals surface area contributed by atoms with Crippen LogP contribution in [0.25, 0.3) is 10.9 Å². The molecule has 2 aromatic rings. The normalized spacial score (nSPS) is 23.9. The zero-order valence-electron chi connectivity index (χ0n) is 18.4. The fourth-order valence-electron chi connectivity index (χ4n) is 5.56. The van der Waals surface area contributed by atoms with Crippen LogP contribution in [0.15, 0.2) is 29.3 Å². The molecule has 33 heavy (non-hydrogen) atoms. The molecule has 1 spiro atoms. The lowest BCUT2D eigenvalue weighted by Crippen LogP contribution is -2.62. The Morgan fingerprint density at radius 3 is 2.64 bits per heavy atom. The number of alkyl halides is 3. The number of fused-ring (bicyclic) bond motifs is 1. The number of aliphatic hydroxyl groups is 1. The fraction of sp³-hybridized carbons (Fsp3) is 0.609. The van der Waals surface area contributed by atoms with Crippen molar-refractivity contribution in [3.05, 3.63) is 38.5 Å². The molecule has 180 valence electrons. The van der Waals surface area contributed by atoms with Gasteiger partial charge < -0.3 is 10.0 Å². The second-order valence-electron chi connectivity index (χ2n) is 9.59. The van der Waals surface area contributed by atoms with E-state index in [2.05, 4.69) is 27.6 Å². The Hall–Kier alpha value is -1.69. The number of amides is 1. The Kier molecular flexibility index (Phi) is 6.54. The first-order valence-corrected chi connectivity index (χ1v) is 12.2. The average Bonchev–Trinajstić information content (AvgIpc) is 3.21. The largest absolute Gasteiger partial charge is 0.389 e. The predicted molar refractivity (Wildman–Crippen MR) is 126 cm³/mol. The first-order chi connectivity index (χ1) is 15.4. The number of aromatic nitrogens is 2. The second kappa shape index (κ2) is 8.83. The number of hydrogen-bond acceptors (Lipinski definition) is 4. The van der Waals surface area contributed by atoms with Gasteiger partial charge in [0.25, 0.3) is 5.56 Å². The summed E-state index contributed by atoms with van der Waals surface area (Å²) in [5.74, 6) is -1.69. The minimum absolute atomic E-state index is 0.0420. The standard InChI is InChI=1S/C23H27F3IN3O3/c1-15(11-23(24,25)26)19(31)29-9-8-22(33,21(12-29)6-2-3-7-21)13-30-14-28-18-5-4-16(27)10-17(18)20(30)32/h4-5,10,14-15,33H,2-3,6-9,11-13H2,1H3/t15-,22?/m1/s1. The van der Waals surface area contributed by atoms with Gasteiger partial charge in [0, 0.05) is 28.0 Å².